The molecule has 2 rings (SSSR count). The third kappa shape index (κ3) is 5.48. The molecule has 23 heavy (non-hydrogen) atoms. The first-order valence-electron chi connectivity index (χ1n) is 7.66. The van der Waals surface area contributed by atoms with Crippen molar-refractivity contribution in [3.05, 3.63) is 65.7 Å². The lowest BCUT2D eigenvalue weighted by Crippen LogP contribution is -2.26. The van der Waals surface area contributed by atoms with E-state index in [0.717, 1.165) is 11.3 Å². The molecule has 0 aliphatic heterocycles. The number of ether oxygens (including phenoxy) is 1. The molecule has 118 valence electrons. The van der Waals surface area contributed by atoms with Gasteiger partial charge in [0, 0.05) is 6.42 Å². The molecule has 0 bridgehead atoms. The summed E-state index contributed by atoms with van der Waals surface area (Å²) in [7, 11) is 0. The van der Waals surface area contributed by atoms with Crippen molar-refractivity contribution in [2.75, 3.05) is 6.61 Å². The second-order valence-electron chi connectivity index (χ2n) is 5.29. The molecule has 4 nitrogen and oxygen atoms in total. The van der Waals surface area contributed by atoms with E-state index in [1.165, 1.54) is 0 Å². The Hall–Kier alpha value is -2.80. The lowest BCUT2D eigenvalue weighted by atomic mass is 10.1. The van der Waals surface area contributed by atoms with Crippen LogP contribution in [0.1, 0.15) is 36.9 Å². The van der Waals surface area contributed by atoms with Gasteiger partial charge >= 0.3 is 0 Å². The monoisotopic (exact) mass is 308 g/mol. The van der Waals surface area contributed by atoms with Crippen molar-refractivity contribution in [3.63, 3.8) is 0 Å². The van der Waals surface area contributed by atoms with Crippen LogP contribution in [0.3, 0.4) is 0 Å². The molecule has 0 aliphatic rings. The Balaban J connectivity index is 1.70. The van der Waals surface area contributed by atoms with Crippen LogP contribution >= 0.6 is 0 Å². The zero-order valence-corrected chi connectivity index (χ0v) is 13.2. The molecule has 0 spiro atoms. The van der Waals surface area contributed by atoms with Gasteiger partial charge in [0.2, 0.25) is 5.91 Å². The SMILES string of the molecule is CC(NC(=O)CCCOc1ccccc1)c1ccc(C#N)cc1. The molecular formula is C19H20N2O2. The van der Waals surface area contributed by atoms with E-state index in [-0.39, 0.29) is 11.9 Å². The summed E-state index contributed by atoms with van der Waals surface area (Å²) < 4.78 is 5.56. The normalized spacial score (nSPS) is 11.3. The Kier molecular flexibility index (Phi) is 6.19. The zero-order valence-electron chi connectivity index (χ0n) is 13.2. The number of para-hydroxylation sites is 1. The lowest BCUT2D eigenvalue weighted by molar-refractivity contribution is -0.121. The maximum Gasteiger partial charge on any atom is 0.220 e. The van der Waals surface area contributed by atoms with Crippen LogP contribution in [0.15, 0.2) is 54.6 Å². The van der Waals surface area contributed by atoms with Gasteiger partial charge < -0.3 is 10.1 Å². The van der Waals surface area contributed by atoms with E-state index in [9.17, 15) is 4.79 Å². The van der Waals surface area contributed by atoms with E-state index in [0.29, 0.717) is 25.0 Å². The van der Waals surface area contributed by atoms with Gasteiger partial charge in [0.25, 0.3) is 0 Å². The first-order chi connectivity index (χ1) is 11.2. The Labute approximate surface area is 136 Å². The van der Waals surface area contributed by atoms with E-state index < -0.39 is 0 Å². The molecule has 0 fully saturated rings. The summed E-state index contributed by atoms with van der Waals surface area (Å²) in [6.45, 7) is 2.45. The van der Waals surface area contributed by atoms with Crippen LogP contribution in [0.2, 0.25) is 0 Å². The molecule has 2 aromatic rings. The molecule has 0 aliphatic carbocycles. The van der Waals surface area contributed by atoms with Gasteiger partial charge in [-0.1, -0.05) is 30.3 Å². The predicted octanol–water partition coefficient (Wildman–Crippen LogP) is 3.59. The highest BCUT2D eigenvalue weighted by molar-refractivity contribution is 5.76. The third-order valence-corrected chi connectivity index (χ3v) is 3.48. The molecule has 4 heteroatoms. The summed E-state index contributed by atoms with van der Waals surface area (Å²) in [5.74, 6) is 0.817. The summed E-state index contributed by atoms with van der Waals surface area (Å²) in [6.07, 6.45) is 1.09. The molecule has 1 N–H and O–H groups in total. The minimum atomic E-state index is -0.0784. The first-order valence-corrected chi connectivity index (χ1v) is 7.66. The van der Waals surface area contributed by atoms with E-state index in [1.807, 2.05) is 49.4 Å². The quantitative estimate of drug-likeness (QED) is 0.795. The molecule has 0 radical (unpaired) electrons. The number of hydrogen-bond donors (Lipinski definition) is 1. The van der Waals surface area contributed by atoms with Crippen molar-refractivity contribution < 1.29 is 9.53 Å². The average Bonchev–Trinajstić information content (AvgIpc) is 2.59. The highest BCUT2D eigenvalue weighted by atomic mass is 16.5. The van der Waals surface area contributed by atoms with Crippen molar-refractivity contribution in [1.29, 1.82) is 5.26 Å². The van der Waals surface area contributed by atoms with Gasteiger partial charge in [0.1, 0.15) is 5.75 Å². The van der Waals surface area contributed by atoms with Crippen molar-refractivity contribution in [2.45, 2.75) is 25.8 Å². The third-order valence-electron chi connectivity index (χ3n) is 3.48. The predicted molar refractivity (Wildman–Crippen MR) is 88.9 cm³/mol. The van der Waals surface area contributed by atoms with Crippen LogP contribution in [0.5, 0.6) is 5.75 Å². The van der Waals surface area contributed by atoms with Crippen molar-refractivity contribution in [1.82, 2.24) is 5.32 Å². The highest BCUT2D eigenvalue weighted by Gasteiger charge is 2.09. The van der Waals surface area contributed by atoms with Crippen LogP contribution < -0.4 is 10.1 Å². The summed E-state index contributed by atoms with van der Waals surface area (Å²) >= 11 is 0. The van der Waals surface area contributed by atoms with Crippen LogP contribution in [-0.2, 0) is 4.79 Å². The smallest absolute Gasteiger partial charge is 0.220 e. The molecule has 1 unspecified atom stereocenters. The maximum atomic E-state index is 11.9. The van der Waals surface area contributed by atoms with Crippen LogP contribution in [-0.4, -0.2) is 12.5 Å². The number of nitriles is 1. The highest BCUT2D eigenvalue weighted by Crippen LogP contribution is 2.13. The molecule has 0 saturated heterocycles. The summed E-state index contributed by atoms with van der Waals surface area (Å²) in [5, 5.41) is 11.7. The Morgan fingerprint density at radius 2 is 1.87 bits per heavy atom. The van der Waals surface area contributed by atoms with E-state index >= 15 is 0 Å². The summed E-state index contributed by atoms with van der Waals surface area (Å²) in [6, 6.07) is 18.8. The summed E-state index contributed by atoms with van der Waals surface area (Å²) in [5.41, 5.74) is 1.60. The number of carbonyl (C=O) groups excluding carboxylic acids is 1. The van der Waals surface area contributed by atoms with Gasteiger partial charge in [-0.2, -0.15) is 5.26 Å². The van der Waals surface area contributed by atoms with Gasteiger partial charge in [-0.15, -0.1) is 0 Å². The largest absolute Gasteiger partial charge is 0.494 e. The maximum absolute atomic E-state index is 11.9. The number of amides is 1. The molecule has 1 amide bonds. The molecule has 2 aromatic carbocycles. The number of rotatable bonds is 7. The van der Waals surface area contributed by atoms with Crippen LogP contribution in [0, 0.1) is 11.3 Å². The zero-order chi connectivity index (χ0) is 16.5. The molecule has 0 aromatic heterocycles. The van der Waals surface area contributed by atoms with E-state index in [2.05, 4.69) is 11.4 Å². The average molecular weight is 308 g/mol. The van der Waals surface area contributed by atoms with Crippen molar-refractivity contribution in [2.24, 2.45) is 0 Å². The fraction of sp³-hybridized carbons (Fsp3) is 0.263. The molecule has 1 atom stereocenters. The standard InChI is InChI=1S/C19H20N2O2/c1-15(17-11-9-16(14-20)10-12-17)21-19(22)8-5-13-23-18-6-3-2-4-7-18/h2-4,6-7,9-12,15H,5,8,13H2,1H3,(H,21,22). The van der Waals surface area contributed by atoms with Gasteiger partial charge in [0.15, 0.2) is 0 Å². The Morgan fingerprint density at radius 1 is 1.17 bits per heavy atom. The molecule has 0 saturated carbocycles. The Morgan fingerprint density at radius 3 is 2.52 bits per heavy atom. The summed E-state index contributed by atoms with van der Waals surface area (Å²) in [4.78, 5) is 11.9. The fourth-order valence-electron chi connectivity index (χ4n) is 2.18. The number of hydrogen-bond acceptors (Lipinski definition) is 3. The van der Waals surface area contributed by atoms with Crippen molar-refractivity contribution in [3.8, 4) is 11.8 Å². The minimum absolute atomic E-state index is 0.00137. The number of carbonyl (C=O) groups is 1. The van der Waals surface area contributed by atoms with Crippen molar-refractivity contribution >= 4 is 5.91 Å². The second-order valence-corrected chi connectivity index (χ2v) is 5.29. The topological polar surface area (TPSA) is 62.1 Å². The van der Waals surface area contributed by atoms with E-state index in [1.54, 1.807) is 12.1 Å². The molecule has 0 heterocycles. The van der Waals surface area contributed by atoms with E-state index in [4.69, 9.17) is 10.00 Å². The van der Waals surface area contributed by atoms with Gasteiger partial charge in [-0.25, -0.2) is 0 Å². The number of benzene rings is 2. The minimum Gasteiger partial charge on any atom is -0.494 e. The van der Waals surface area contributed by atoms with Crippen LogP contribution in [0.25, 0.3) is 0 Å². The first kappa shape index (κ1) is 16.6. The van der Waals surface area contributed by atoms with Gasteiger partial charge in [0.05, 0.1) is 24.3 Å². The fourth-order valence-corrected chi connectivity index (χ4v) is 2.18. The Bertz CT molecular complexity index is 660. The second kappa shape index (κ2) is 8.60. The van der Waals surface area contributed by atoms with Crippen LogP contribution in [0.4, 0.5) is 0 Å². The van der Waals surface area contributed by atoms with Gasteiger partial charge in [-0.05, 0) is 43.2 Å². The molecular weight excluding hydrogens is 288 g/mol. The lowest BCUT2D eigenvalue weighted by Gasteiger charge is -2.14. The number of nitrogens with zero attached hydrogens (tertiary/aromatic N) is 1. The number of nitrogens with one attached hydrogen (secondary N) is 1. The van der Waals surface area contributed by atoms with Gasteiger partial charge in [-0.3, -0.25) is 4.79 Å².